The van der Waals surface area contributed by atoms with Gasteiger partial charge in [0.15, 0.2) is 0 Å². The molecule has 2 nitrogen and oxygen atoms in total. The number of pyridine rings is 1. The molecule has 0 bridgehead atoms. The number of aryl methyl sites for hydroxylation is 1. The number of para-hydroxylation sites is 1. The van der Waals surface area contributed by atoms with Crippen molar-refractivity contribution in [2.75, 3.05) is 5.32 Å². The van der Waals surface area contributed by atoms with Crippen molar-refractivity contribution in [3.8, 4) is 0 Å². The van der Waals surface area contributed by atoms with Gasteiger partial charge in [-0.2, -0.15) is 0 Å². The third-order valence-corrected chi connectivity index (χ3v) is 3.51. The third-order valence-electron chi connectivity index (χ3n) is 3.02. The van der Waals surface area contributed by atoms with Crippen LogP contribution in [0, 0.1) is 6.92 Å². The van der Waals surface area contributed by atoms with Gasteiger partial charge in [-0.25, -0.2) is 4.98 Å². The fourth-order valence-corrected chi connectivity index (χ4v) is 2.53. The maximum Gasteiger partial charge on any atom is 0.131 e. The molecule has 2 aromatic carbocycles. The summed E-state index contributed by atoms with van der Waals surface area (Å²) in [6.07, 6.45) is 0. The molecule has 1 aromatic heterocycles. The molecule has 0 saturated carbocycles. The highest BCUT2D eigenvalue weighted by Crippen LogP contribution is 2.23. The first-order valence-corrected chi connectivity index (χ1v) is 6.91. The monoisotopic (exact) mass is 312 g/mol. The van der Waals surface area contributed by atoms with Crippen LogP contribution in [0.5, 0.6) is 0 Å². The van der Waals surface area contributed by atoms with E-state index >= 15 is 0 Å². The number of nitrogens with one attached hydrogen (secondary N) is 1. The fraction of sp³-hybridized carbons (Fsp3) is 0.0625. The number of aromatic nitrogens is 1. The van der Waals surface area contributed by atoms with Crippen molar-refractivity contribution in [2.24, 2.45) is 0 Å². The van der Waals surface area contributed by atoms with E-state index in [1.54, 1.807) is 0 Å². The minimum Gasteiger partial charge on any atom is -0.340 e. The SMILES string of the molecule is Cc1cc(Nc2cccc(Br)c2)nc2ccccc12. The van der Waals surface area contributed by atoms with Crippen molar-refractivity contribution in [1.82, 2.24) is 4.98 Å². The van der Waals surface area contributed by atoms with E-state index in [4.69, 9.17) is 0 Å². The van der Waals surface area contributed by atoms with Crippen molar-refractivity contribution in [3.63, 3.8) is 0 Å². The molecule has 3 heteroatoms. The van der Waals surface area contributed by atoms with Crippen molar-refractivity contribution in [3.05, 3.63) is 64.6 Å². The van der Waals surface area contributed by atoms with Crippen LogP contribution in [0.1, 0.15) is 5.56 Å². The average molecular weight is 313 g/mol. The lowest BCUT2D eigenvalue weighted by Crippen LogP contribution is -1.95. The molecule has 0 aliphatic rings. The molecule has 0 fully saturated rings. The van der Waals surface area contributed by atoms with Gasteiger partial charge >= 0.3 is 0 Å². The van der Waals surface area contributed by atoms with E-state index in [-0.39, 0.29) is 0 Å². The van der Waals surface area contributed by atoms with Crippen molar-refractivity contribution < 1.29 is 0 Å². The Bertz CT molecular complexity index is 738. The van der Waals surface area contributed by atoms with Gasteiger partial charge in [0.1, 0.15) is 5.82 Å². The molecule has 0 aliphatic heterocycles. The average Bonchev–Trinajstić information content (AvgIpc) is 2.39. The summed E-state index contributed by atoms with van der Waals surface area (Å²) in [6.45, 7) is 2.11. The quantitative estimate of drug-likeness (QED) is 0.716. The molecule has 94 valence electrons. The molecule has 0 radical (unpaired) electrons. The molecular weight excluding hydrogens is 300 g/mol. The van der Waals surface area contributed by atoms with Crippen LogP contribution in [0.3, 0.4) is 0 Å². The molecule has 0 amide bonds. The van der Waals surface area contributed by atoms with Crippen LogP contribution in [-0.4, -0.2) is 4.98 Å². The van der Waals surface area contributed by atoms with E-state index in [9.17, 15) is 0 Å². The molecular formula is C16H13BrN2. The Morgan fingerprint density at radius 3 is 2.68 bits per heavy atom. The van der Waals surface area contributed by atoms with Crippen LogP contribution in [0.4, 0.5) is 11.5 Å². The van der Waals surface area contributed by atoms with Gasteiger partial charge in [0, 0.05) is 15.5 Å². The summed E-state index contributed by atoms with van der Waals surface area (Å²) in [5, 5.41) is 4.53. The highest BCUT2D eigenvalue weighted by Gasteiger charge is 2.02. The van der Waals surface area contributed by atoms with E-state index in [1.807, 2.05) is 42.5 Å². The standard InChI is InChI=1S/C16H13BrN2/c1-11-9-16(18-13-6-4-5-12(17)10-13)19-15-8-3-2-7-14(11)15/h2-10H,1H3,(H,18,19). The van der Waals surface area contributed by atoms with Gasteiger partial charge in [-0.15, -0.1) is 0 Å². The largest absolute Gasteiger partial charge is 0.340 e. The smallest absolute Gasteiger partial charge is 0.131 e. The molecule has 1 N–H and O–H groups in total. The molecule has 19 heavy (non-hydrogen) atoms. The van der Waals surface area contributed by atoms with Crippen LogP contribution < -0.4 is 5.32 Å². The first-order valence-electron chi connectivity index (χ1n) is 6.11. The Labute approximate surface area is 120 Å². The minimum atomic E-state index is 0.870. The second kappa shape index (κ2) is 5.02. The van der Waals surface area contributed by atoms with Crippen LogP contribution in [-0.2, 0) is 0 Å². The van der Waals surface area contributed by atoms with E-state index in [1.165, 1.54) is 10.9 Å². The number of halogens is 1. The van der Waals surface area contributed by atoms with Gasteiger partial charge in [-0.3, -0.25) is 0 Å². The molecule has 3 aromatic rings. The molecule has 0 saturated heterocycles. The van der Waals surface area contributed by atoms with Gasteiger partial charge in [0.25, 0.3) is 0 Å². The van der Waals surface area contributed by atoms with Gasteiger partial charge in [-0.1, -0.05) is 40.2 Å². The number of rotatable bonds is 2. The fourth-order valence-electron chi connectivity index (χ4n) is 2.13. The Hall–Kier alpha value is -1.87. The number of fused-ring (bicyclic) bond motifs is 1. The zero-order valence-electron chi connectivity index (χ0n) is 10.5. The Kier molecular flexibility index (Phi) is 3.22. The molecule has 0 atom stereocenters. The third kappa shape index (κ3) is 2.61. The number of hydrogen-bond acceptors (Lipinski definition) is 2. The van der Waals surface area contributed by atoms with Gasteiger partial charge in [0.05, 0.1) is 5.52 Å². The van der Waals surface area contributed by atoms with Gasteiger partial charge < -0.3 is 5.32 Å². The molecule has 0 aliphatic carbocycles. The molecule has 3 rings (SSSR count). The van der Waals surface area contributed by atoms with Crippen LogP contribution in [0.25, 0.3) is 10.9 Å². The summed E-state index contributed by atoms with van der Waals surface area (Å²) in [4.78, 5) is 4.63. The normalized spacial score (nSPS) is 10.6. The molecule has 0 unspecified atom stereocenters. The predicted molar refractivity (Wildman–Crippen MR) is 83.9 cm³/mol. The van der Waals surface area contributed by atoms with Crippen LogP contribution in [0.15, 0.2) is 59.1 Å². The molecule has 1 heterocycles. The highest BCUT2D eigenvalue weighted by atomic mass is 79.9. The summed E-state index contributed by atoms with van der Waals surface area (Å²) in [7, 11) is 0. The lowest BCUT2D eigenvalue weighted by molar-refractivity contribution is 1.34. The van der Waals surface area contributed by atoms with E-state index in [0.29, 0.717) is 0 Å². The number of benzene rings is 2. The Balaban J connectivity index is 2.02. The van der Waals surface area contributed by atoms with Gasteiger partial charge in [-0.05, 0) is 42.8 Å². The summed E-state index contributed by atoms with van der Waals surface area (Å²) in [5.41, 5.74) is 3.26. The first kappa shape index (κ1) is 12.2. The van der Waals surface area contributed by atoms with Crippen molar-refractivity contribution >= 4 is 38.3 Å². The minimum absolute atomic E-state index is 0.870. The van der Waals surface area contributed by atoms with Gasteiger partial charge in [0.2, 0.25) is 0 Å². The zero-order chi connectivity index (χ0) is 13.2. The van der Waals surface area contributed by atoms with Crippen LogP contribution >= 0.6 is 15.9 Å². The van der Waals surface area contributed by atoms with Crippen LogP contribution in [0.2, 0.25) is 0 Å². The second-order valence-electron chi connectivity index (χ2n) is 4.48. The first-order chi connectivity index (χ1) is 9.22. The topological polar surface area (TPSA) is 24.9 Å². The number of nitrogens with zero attached hydrogens (tertiary/aromatic N) is 1. The Morgan fingerprint density at radius 2 is 1.84 bits per heavy atom. The summed E-state index contributed by atoms with van der Waals surface area (Å²) in [6, 6.07) is 18.3. The Morgan fingerprint density at radius 1 is 1.00 bits per heavy atom. The van der Waals surface area contributed by atoms with Crippen molar-refractivity contribution in [1.29, 1.82) is 0 Å². The number of hydrogen-bond donors (Lipinski definition) is 1. The number of anilines is 2. The summed E-state index contributed by atoms with van der Waals surface area (Å²) in [5.74, 6) is 0.870. The predicted octanol–water partition coefficient (Wildman–Crippen LogP) is 5.05. The summed E-state index contributed by atoms with van der Waals surface area (Å²) < 4.78 is 1.05. The highest BCUT2D eigenvalue weighted by molar-refractivity contribution is 9.10. The summed E-state index contributed by atoms with van der Waals surface area (Å²) >= 11 is 3.47. The maximum absolute atomic E-state index is 4.63. The lowest BCUT2D eigenvalue weighted by atomic mass is 10.1. The van der Waals surface area contributed by atoms with E-state index in [2.05, 4.69) is 45.3 Å². The lowest BCUT2D eigenvalue weighted by Gasteiger charge is -2.09. The zero-order valence-corrected chi connectivity index (χ0v) is 12.1. The van der Waals surface area contributed by atoms with E-state index in [0.717, 1.165) is 21.5 Å². The second-order valence-corrected chi connectivity index (χ2v) is 5.39. The maximum atomic E-state index is 4.63. The molecule has 0 spiro atoms. The van der Waals surface area contributed by atoms with Crippen molar-refractivity contribution in [2.45, 2.75) is 6.92 Å². The van der Waals surface area contributed by atoms with E-state index < -0.39 is 0 Å².